The largest absolute Gasteiger partial charge is 0.358 e. The van der Waals surface area contributed by atoms with E-state index in [1.807, 2.05) is 13.0 Å². The van der Waals surface area contributed by atoms with E-state index < -0.39 is 33.0 Å². The number of amides is 1. The monoisotopic (exact) mass is 283 g/mol. The van der Waals surface area contributed by atoms with E-state index in [4.69, 9.17) is 0 Å². The molecule has 1 rings (SSSR count). The molecule has 0 saturated carbocycles. The Balaban J connectivity index is 2.91. The molecule has 0 atom stereocenters. The first-order valence-electron chi connectivity index (χ1n) is 5.76. The zero-order valence-electron chi connectivity index (χ0n) is 11.2. The maximum Gasteiger partial charge on any atom is 0.234 e. The lowest BCUT2D eigenvalue weighted by Crippen LogP contribution is -2.30. The normalized spacial score (nSPS) is 11.1. The van der Waals surface area contributed by atoms with Gasteiger partial charge in [-0.3, -0.25) is 9.59 Å². The summed E-state index contributed by atoms with van der Waals surface area (Å²) in [7, 11) is -2.38. The van der Waals surface area contributed by atoms with Crippen LogP contribution in [0.2, 0.25) is 0 Å². The van der Waals surface area contributed by atoms with Crippen LogP contribution in [-0.4, -0.2) is 38.7 Å². The summed E-state index contributed by atoms with van der Waals surface area (Å²) < 4.78 is 23.4. The lowest BCUT2D eigenvalue weighted by molar-refractivity contribution is -0.118. The number of hydrogen-bond donors (Lipinski definition) is 1. The van der Waals surface area contributed by atoms with E-state index in [2.05, 4.69) is 5.32 Å². The fourth-order valence-electron chi connectivity index (χ4n) is 1.64. The number of nitrogens with one attached hydrogen (secondary N) is 1. The Hall–Kier alpha value is -1.69. The number of rotatable bonds is 5. The van der Waals surface area contributed by atoms with Gasteiger partial charge in [0.1, 0.15) is 11.5 Å². The molecule has 1 N–H and O–H groups in total. The average molecular weight is 283 g/mol. The van der Waals surface area contributed by atoms with Crippen LogP contribution in [0.3, 0.4) is 0 Å². The standard InChI is InChI=1S/C13H17NO4S/c1-9-4-5-10(2)11(6-9)12(15)7-19(17,18)8-13(16)14-3/h4-6H,7-8H2,1-3H3,(H,14,16). The van der Waals surface area contributed by atoms with Crippen LogP contribution in [0.5, 0.6) is 0 Å². The van der Waals surface area contributed by atoms with Crippen molar-refractivity contribution in [2.45, 2.75) is 13.8 Å². The highest BCUT2D eigenvalue weighted by molar-refractivity contribution is 7.92. The van der Waals surface area contributed by atoms with Gasteiger partial charge in [0.15, 0.2) is 15.6 Å². The summed E-state index contributed by atoms with van der Waals surface area (Å²) in [5, 5.41) is 2.23. The molecule has 0 bridgehead atoms. The molecule has 0 spiro atoms. The van der Waals surface area contributed by atoms with Crippen LogP contribution in [0.15, 0.2) is 18.2 Å². The number of carbonyl (C=O) groups is 2. The number of hydrogen-bond acceptors (Lipinski definition) is 4. The summed E-state index contributed by atoms with van der Waals surface area (Å²) >= 11 is 0. The van der Waals surface area contributed by atoms with Crippen molar-refractivity contribution in [1.82, 2.24) is 5.32 Å². The second-order valence-electron chi connectivity index (χ2n) is 4.45. The maximum absolute atomic E-state index is 12.0. The number of benzene rings is 1. The summed E-state index contributed by atoms with van der Waals surface area (Å²) in [5.74, 6) is -2.41. The van der Waals surface area contributed by atoms with Gasteiger partial charge in [0, 0.05) is 12.6 Å². The van der Waals surface area contributed by atoms with Crippen LogP contribution in [0, 0.1) is 13.8 Å². The molecule has 0 heterocycles. The predicted molar refractivity (Wildman–Crippen MR) is 73.0 cm³/mol. The number of ketones is 1. The smallest absolute Gasteiger partial charge is 0.234 e. The summed E-state index contributed by atoms with van der Waals surface area (Å²) in [6.07, 6.45) is 0. The molecule has 5 nitrogen and oxygen atoms in total. The first-order valence-corrected chi connectivity index (χ1v) is 7.59. The van der Waals surface area contributed by atoms with Crippen molar-refractivity contribution in [2.75, 3.05) is 18.6 Å². The molecular formula is C13H17NO4S. The first kappa shape index (κ1) is 15.4. The minimum absolute atomic E-state index is 0.389. The topological polar surface area (TPSA) is 80.3 Å². The van der Waals surface area contributed by atoms with Gasteiger partial charge in [-0.25, -0.2) is 8.42 Å². The molecule has 6 heteroatoms. The molecule has 0 aromatic heterocycles. The lowest BCUT2D eigenvalue weighted by Gasteiger charge is -2.07. The van der Waals surface area contributed by atoms with Gasteiger partial charge >= 0.3 is 0 Å². The van der Waals surface area contributed by atoms with Crippen LogP contribution >= 0.6 is 0 Å². The molecule has 19 heavy (non-hydrogen) atoms. The van der Waals surface area contributed by atoms with Crippen LogP contribution in [-0.2, 0) is 14.6 Å². The third kappa shape index (κ3) is 4.48. The van der Waals surface area contributed by atoms with Crippen molar-refractivity contribution in [3.05, 3.63) is 34.9 Å². The van der Waals surface area contributed by atoms with Gasteiger partial charge in [0.2, 0.25) is 5.91 Å². The molecule has 0 unspecified atom stereocenters. The molecule has 1 amide bonds. The van der Waals surface area contributed by atoms with E-state index in [1.165, 1.54) is 7.05 Å². The predicted octanol–water partition coefficient (Wildman–Crippen LogP) is 0.647. The molecule has 1 aromatic rings. The van der Waals surface area contributed by atoms with Crippen LogP contribution < -0.4 is 5.32 Å². The Labute approximate surface area is 112 Å². The van der Waals surface area contributed by atoms with Crippen molar-refractivity contribution < 1.29 is 18.0 Å². The summed E-state index contributed by atoms with van der Waals surface area (Å²) in [6, 6.07) is 5.28. The summed E-state index contributed by atoms with van der Waals surface area (Å²) in [6.45, 7) is 3.58. The van der Waals surface area contributed by atoms with Gasteiger partial charge in [-0.2, -0.15) is 0 Å². The minimum Gasteiger partial charge on any atom is -0.358 e. The van der Waals surface area contributed by atoms with Crippen molar-refractivity contribution in [3.8, 4) is 0 Å². The summed E-state index contributed by atoms with van der Waals surface area (Å²) in [4.78, 5) is 23.1. The highest BCUT2D eigenvalue weighted by atomic mass is 32.2. The number of sulfone groups is 1. The molecular weight excluding hydrogens is 266 g/mol. The second-order valence-corrected chi connectivity index (χ2v) is 6.51. The van der Waals surface area contributed by atoms with Gasteiger partial charge in [-0.15, -0.1) is 0 Å². The van der Waals surface area contributed by atoms with Gasteiger partial charge in [-0.1, -0.05) is 17.7 Å². The van der Waals surface area contributed by atoms with E-state index in [1.54, 1.807) is 19.1 Å². The van der Waals surface area contributed by atoms with Crippen LogP contribution in [0.25, 0.3) is 0 Å². The summed E-state index contributed by atoms with van der Waals surface area (Å²) in [5.41, 5.74) is 2.00. The molecule has 0 aliphatic heterocycles. The average Bonchev–Trinajstić information content (AvgIpc) is 2.30. The van der Waals surface area contributed by atoms with Gasteiger partial charge < -0.3 is 5.32 Å². The molecule has 0 aliphatic carbocycles. The fourth-order valence-corrected chi connectivity index (χ4v) is 2.84. The fraction of sp³-hybridized carbons (Fsp3) is 0.385. The third-order valence-electron chi connectivity index (χ3n) is 2.67. The molecule has 0 fully saturated rings. The number of aryl methyl sites for hydroxylation is 2. The van der Waals surface area contributed by atoms with Crippen LogP contribution in [0.1, 0.15) is 21.5 Å². The van der Waals surface area contributed by atoms with Crippen LogP contribution in [0.4, 0.5) is 0 Å². The van der Waals surface area contributed by atoms with Gasteiger partial charge in [-0.05, 0) is 25.5 Å². The number of Topliss-reactive ketones (excluding diaryl/α,β-unsaturated/α-hetero) is 1. The van der Waals surface area contributed by atoms with Crippen molar-refractivity contribution in [3.63, 3.8) is 0 Å². The van der Waals surface area contributed by atoms with E-state index in [0.717, 1.165) is 11.1 Å². The second kappa shape index (κ2) is 5.97. The zero-order valence-corrected chi connectivity index (χ0v) is 12.0. The highest BCUT2D eigenvalue weighted by Crippen LogP contribution is 2.12. The molecule has 104 valence electrons. The van der Waals surface area contributed by atoms with E-state index >= 15 is 0 Å². The molecule has 0 aliphatic rings. The first-order chi connectivity index (χ1) is 8.75. The maximum atomic E-state index is 12.0. The van der Waals surface area contributed by atoms with Crippen molar-refractivity contribution in [1.29, 1.82) is 0 Å². The van der Waals surface area contributed by atoms with E-state index in [0.29, 0.717) is 5.56 Å². The lowest BCUT2D eigenvalue weighted by atomic mass is 10.0. The zero-order chi connectivity index (χ0) is 14.6. The molecule has 0 radical (unpaired) electrons. The Morgan fingerprint density at radius 3 is 2.37 bits per heavy atom. The highest BCUT2D eigenvalue weighted by Gasteiger charge is 2.22. The Morgan fingerprint density at radius 1 is 1.16 bits per heavy atom. The Kier molecular flexibility index (Phi) is 4.83. The molecule has 1 aromatic carbocycles. The Bertz CT molecular complexity index is 605. The van der Waals surface area contributed by atoms with Crippen molar-refractivity contribution in [2.24, 2.45) is 0 Å². The van der Waals surface area contributed by atoms with Crippen molar-refractivity contribution >= 4 is 21.5 Å². The molecule has 0 saturated heterocycles. The van der Waals surface area contributed by atoms with E-state index in [9.17, 15) is 18.0 Å². The minimum atomic E-state index is -3.73. The quantitative estimate of drug-likeness (QED) is 0.804. The van der Waals surface area contributed by atoms with E-state index in [-0.39, 0.29) is 0 Å². The third-order valence-corrected chi connectivity index (χ3v) is 4.08. The SMILES string of the molecule is CNC(=O)CS(=O)(=O)CC(=O)c1cc(C)ccc1C. The van der Waals surface area contributed by atoms with Gasteiger partial charge in [0.05, 0.1) is 0 Å². The Morgan fingerprint density at radius 2 is 1.79 bits per heavy atom. The van der Waals surface area contributed by atoms with Gasteiger partial charge in [0.25, 0.3) is 0 Å². The number of carbonyl (C=O) groups excluding carboxylic acids is 2.